The third kappa shape index (κ3) is 2.63. The van der Waals surface area contributed by atoms with Crippen molar-refractivity contribution in [3.8, 4) is 0 Å². The average molecular weight is 372 g/mol. The third-order valence-corrected chi connectivity index (χ3v) is 4.17. The Morgan fingerprint density at radius 2 is 1.96 bits per heavy atom. The fourth-order valence-corrected chi connectivity index (χ4v) is 3.00. The Hall–Kier alpha value is -2.54. The summed E-state index contributed by atoms with van der Waals surface area (Å²) in [6.45, 7) is 0. The number of rotatable bonds is 2. The van der Waals surface area contributed by atoms with Crippen LogP contribution in [-0.2, 0) is 0 Å². The minimum atomic E-state index is -0.265. The fraction of sp³-hybridized carbons (Fsp3) is 0.0625. The first-order valence-electron chi connectivity index (χ1n) is 6.99. The second-order valence-corrected chi connectivity index (χ2v) is 6.07. The van der Waals surface area contributed by atoms with Gasteiger partial charge in [0.25, 0.3) is 0 Å². The quantitative estimate of drug-likeness (QED) is 0.747. The maximum absolute atomic E-state index is 13.1. The SMILES string of the molecule is Fc1ccc(C2=CC(c3cccc(Br)c3)n3nnnc3N2)cc1. The molecule has 1 N–H and O–H groups in total. The van der Waals surface area contributed by atoms with Gasteiger partial charge < -0.3 is 5.32 Å². The number of nitrogens with zero attached hydrogens (tertiary/aromatic N) is 4. The molecule has 23 heavy (non-hydrogen) atoms. The lowest BCUT2D eigenvalue weighted by molar-refractivity contribution is 0.585. The maximum atomic E-state index is 13.1. The van der Waals surface area contributed by atoms with E-state index in [2.05, 4.69) is 36.8 Å². The van der Waals surface area contributed by atoms with E-state index in [0.717, 1.165) is 21.3 Å². The van der Waals surface area contributed by atoms with Crippen LogP contribution in [0.5, 0.6) is 0 Å². The van der Waals surface area contributed by atoms with Crippen molar-refractivity contribution in [2.24, 2.45) is 0 Å². The van der Waals surface area contributed by atoms with Crippen LogP contribution in [0.25, 0.3) is 5.70 Å². The van der Waals surface area contributed by atoms with E-state index in [1.165, 1.54) is 12.1 Å². The zero-order valence-corrected chi connectivity index (χ0v) is 13.4. The molecule has 2 heterocycles. The van der Waals surface area contributed by atoms with Gasteiger partial charge >= 0.3 is 0 Å². The minimum Gasteiger partial charge on any atom is -0.323 e. The molecule has 0 amide bonds. The van der Waals surface area contributed by atoms with E-state index >= 15 is 0 Å². The first-order valence-corrected chi connectivity index (χ1v) is 7.78. The highest BCUT2D eigenvalue weighted by molar-refractivity contribution is 9.10. The number of hydrogen-bond acceptors (Lipinski definition) is 4. The smallest absolute Gasteiger partial charge is 0.248 e. The van der Waals surface area contributed by atoms with Crippen LogP contribution >= 0.6 is 15.9 Å². The van der Waals surface area contributed by atoms with Gasteiger partial charge in [0, 0.05) is 10.2 Å². The zero-order chi connectivity index (χ0) is 15.8. The molecule has 1 unspecified atom stereocenters. The van der Waals surface area contributed by atoms with Crippen LogP contribution in [0.15, 0.2) is 59.1 Å². The van der Waals surface area contributed by atoms with E-state index < -0.39 is 0 Å². The van der Waals surface area contributed by atoms with Crippen molar-refractivity contribution in [1.29, 1.82) is 0 Å². The van der Waals surface area contributed by atoms with Crippen LogP contribution in [0.1, 0.15) is 17.2 Å². The largest absolute Gasteiger partial charge is 0.323 e. The van der Waals surface area contributed by atoms with Crippen molar-refractivity contribution in [3.05, 3.63) is 76.0 Å². The number of nitrogens with one attached hydrogen (secondary N) is 1. The van der Waals surface area contributed by atoms with Gasteiger partial charge in [-0.1, -0.05) is 33.2 Å². The van der Waals surface area contributed by atoms with Gasteiger partial charge in [-0.2, -0.15) is 4.68 Å². The lowest BCUT2D eigenvalue weighted by Gasteiger charge is -2.23. The molecule has 2 aromatic carbocycles. The fourth-order valence-electron chi connectivity index (χ4n) is 2.58. The number of anilines is 1. The Morgan fingerprint density at radius 3 is 2.74 bits per heavy atom. The van der Waals surface area contributed by atoms with Gasteiger partial charge in [0.05, 0.1) is 0 Å². The molecule has 114 valence electrons. The second-order valence-electron chi connectivity index (χ2n) is 5.16. The number of allylic oxidation sites excluding steroid dienone is 1. The topological polar surface area (TPSA) is 55.6 Å². The molecule has 1 aliphatic rings. The van der Waals surface area contributed by atoms with E-state index in [4.69, 9.17) is 0 Å². The van der Waals surface area contributed by atoms with Crippen molar-refractivity contribution in [1.82, 2.24) is 20.2 Å². The zero-order valence-electron chi connectivity index (χ0n) is 11.8. The minimum absolute atomic E-state index is 0.140. The summed E-state index contributed by atoms with van der Waals surface area (Å²) in [5, 5.41) is 15.0. The molecule has 1 atom stereocenters. The van der Waals surface area contributed by atoms with Crippen LogP contribution in [0, 0.1) is 5.82 Å². The number of hydrogen-bond donors (Lipinski definition) is 1. The molecule has 3 aromatic rings. The average Bonchev–Trinajstić information content (AvgIpc) is 3.03. The standard InChI is InChI=1S/C16H11BrFN5/c17-12-3-1-2-11(8-12)15-9-14(10-4-6-13(18)7-5-10)19-16-20-21-22-23(15)16/h1-9,15H,(H,19,20,22). The molecule has 0 saturated carbocycles. The lowest BCUT2D eigenvalue weighted by Crippen LogP contribution is -2.20. The van der Waals surface area contributed by atoms with Gasteiger partial charge in [-0.05, 0) is 64.0 Å². The predicted octanol–water partition coefficient (Wildman–Crippen LogP) is 3.63. The highest BCUT2D eigenvalue weighted by Crippen LogP contribution is 2.32. The Labute approximate surface area is 140 Å². The second kappa shape index (κ2) is 5.58. The molecule has 0 fully saturated rings. The molecule has 0 aliphatic carbocycles. The molecule has 7 heteroatoms. The lowest BCUT2D eigenvalue weighted by atomic mass is 10.0. The number of halogens is 2. The predicted molar refractivity (Wildman–Crippen MR) is 88.1 cm³/mol. The van der Waals surface area contributed by atoms with Crippen LogP contribution in [0.3, 0.4) is 0 Å². The molecular weight excluding hydrogens is 361 g/mol. The van der Waals surface area contributed by atoms with E-state index in [1.807, 2.05) is 30.3 Å². The van der Waals surface area contributed by atoms with Gasteiger partial charge in [-0.3, -0.25) is 0 Å². The molecule has 0 bridgehead atoms. The van der Waals surface area contributed by atoms with Crippen molar-refractivity contribution in [2.45, 2.75) is 6.04 Å². The normalized spacial score (nSPS) is 16.4. The van der Waals surface area contributed by atoms with E-state index in [-0.39, 0.29) is 11.9 Å². The first kappa shape index (κ1) is 14.1. The van der Waals surface area contributed by atoms with Gasteiger partial charge in [0.2, 0.25) is 5.95 Å². The Kier molecular flexibility index (Phi) is 3.42. The number of aromatic nitrogens is 4. The molecule has 4 rings (SSSR count). The molecule has 0 spiro atoms. The van der Waals surface area contributed by atoms with Gasteiger partial charge in [0.15, 0.2) is 0 Å². The van der Waals surface area contributed by atoms with Crippen LogP contribution in [0.4, 0.5) is 10.3 Å². The number of benzene rings is 2. The third-order valence-electron chi connectivity index (χ3n) is 3.67. The maximum Gasteiger partial charge on any atom is 0.248 e. The summed E-state index contributed by atoms with van der Waals surface area (Å²) in [6, 6.07) is 14.2. The Morgan fingerprint density at radius 1 is 1.13 bits per heavy atom. The summed E-state index contributed by atoms with van der Waals surface area (Å²) in [5.41, 5.74) is 2.77. The van der Waals surface area contributed by atoms with Gasteiger partial charge in [-0.25, -0.2) is 4.39 Å². The summed E-state index contributed by atoms with van der Waals surface area (Å²) in [4.78, 5) is 0. The molecule has 5 nitrogen and oxygen atoms in total. The summed E-state index contributed by atoms with van der Waals surface area (Å²) in [5.74, 6) is 0.287. The Bertz CT molecular complexity index is 887. The molecule has 1 aliphatic heterocycles. The number of tetrazole rings is 1. The molecule has 0 radical (unpaired) electrons. The van der Waals surface area contributed by atoms with Crippen LogP contribution in [0.2, 0.25) is 0 Å². The highest BCUT2D eigenvalue weighted by Gasteiger charge is 2.24. The summed E-state index contributed by atoms with van der Waals surface area (Å²) >= 11 is 3.49. The first-order chi connectivity index (χ1) is 11.2. The summed E-state index contributed by atoms with van der Waals surface area (Å²) < 4.78 is 15.9. The van der Waals surface area contributed by atoms with E-state index in [0.29, 0.717) is 5.95 Å². The number of fused-ring (bicyclic) bond motifs is 1. The summed E-state index contributed by atoms with van der Waals surface area (Å²) in [7, 11) is 0. The van der Waals surface area contributed by atoms with Crippen LogP contribution < -0.4 is 5.32 Å². The van der Waals surface area contributed by atoms with Crippen molar-refractivity contribution in [2.75, 3.05) is 5.32 Å². The highest BCUT2D eigenvalue weighted by atomic mass is 79.9. The van der Waals surface area contributed by atoms with E-state index in [9.17, 15) is 4.39 Å². The monoisotopic (exact) mass is 371 g/mol. The summed E-state index contributed by atoms with van der Waals surface area (Å²) in [6.07, 6.45) is 2.03. The van der Waals surface area contributed by atoms with Gasteiger partial charge in [0.1, 0.15) is 11.9 Å². The van der Waals surface area contributed by atoms with E-state index in [1.54, 1.807) is 16.8 Å². The van der Waals surface area contributed by atoms with Crippen LogP contribution in [-0.4, -0.2) is 20.2 Å². The van der Waals surface area contributed by atoms with Gasteiger partial charge in [-0.15, -0.1) is 0 Å². The van der Waals surface area contributed by atoms with Crippen molar-refractivity contribution >= 4 is 27.6 Å². The van der Waals surface area contributed by atoms with Crippen molar-refractivity contribution in [3.63, 3.8) is 0 Å². The molecular formula is C16H11BrFN5. The Balaban J connectivity index is 1.81. The van der Waals surface area contributed by atoms with Crippen molar-refractivity contribution < 1.29 is 4.39 Å². The molecule has 0 saturated heterocycles. The molecule has 1 aromatic heterocycles.